The van der Waals surface area contributed by atoms with Crippen molar-refractivity contribution in [2.45, 2.75) is 25.4 Å². The molecule has 1 atom stereocenters. The topological polar surface area (TPSA) is 40.5 Å². The zero-order valence-electron chi connectivity index (χ0n) is 9.80. The number of carboxylic acids is 1. The van der Waals surface area contributed by atoms with Crippen LogP contribution in [-0.4, -0.2) is 28.6 Å². The standard InChI is InChI=1S/C14H17NO2/c1-11(14(16)17)13-8-5-9-15(13)10-12-6-3-2-4-7-12/h2-4,6-7,13H,1,5,8-10H2,(H,16,17). The molecular weight excluding hydrogens is 214 g/mol. The molecule has 0 saturated carbocycles. The second-order valence-corrected chi connectivity index (χ2v) is 4.44. The lowest BCUT2D eigenvalue weighted by molar-refractivity contribution is -0.133. The van der Waals surface area contributed by atoms with Gasteiger partial charge in [0.1, 0.15) is 0 Å². The number of rotatable bonds is 4. The summed E-state index contributed by atoms with van der Waals surface area (Å²) in [5, 5.41) is 9.00. The Balaban J connectivity index is 2.05. The summed E-state index contributed by atoms with van der Waals surface area (Å²) < 4.78 is 0. The largest absolute Gasteiger partial charge is 0.478 e. The number of hydrogen-bond acceptors (Lipinski definition) is 2. The van der Waals surface area contributed by atoms with Gasteiger partial charge >= 0.3 is 5.97 Å². The predicted molar refractivity (Wildman–Crippen MR) is 66.6 cm³/mol. The summed E-state index contributed by atoms with van der Waals surface area (Å²) in [7, 11) is 0. The number of benzene rings is 1. The van der Waals surface area contributed by atoms with E-state index in [1.807, 2.05) is 18.2 Å². The minimum atomic E-state index is -0.880. The maximum atomic E-state index is 11.0. The van der Waals surface area contributed by atoms with Crippen molar-refractivity contribution in [1.82, 2.24) is 4.90 Å². The van der Waals surface area contributed by atoms with E-state index < -0.39 is 5.97 Å². The van der Waals surface area contributed by atoms with Gasteiger partial charge in [-0.05, 0) is 24.9 Å². The fourth-order valence-electron chi connectivity index (χ4n) is 2.37. The molecule has 1 saturated heterocycles. The molecule has 0 radical (unpaired) electrons. The van der Waals surface area contributed by atoms with Gasteiger partial charge in [-0.3, -0.25) is 4.90 Å². The summed E-state index contributed by atoms with van der Waals surface area (Å²) in [5.74, 6) is -0.880. The molecule has 1 aromatic carbocycles. The zero-order chi connectivity index (χ0) is 12.3. The molecule has 90 valence electrons. The summed E-state index contributed by atoms with van der Waals surface area (Å²) >= 11 is 0. The molecule has 1 unspecified atom stereocenters. The van der Waals surface area contributed by atoms with Crippen LogP contribution in [0.25, 0.3) is 0 Å². The molecule has 0 aromatic heterocycles. The highest BCUT2D eigenvalue weighted by Crippen LogP contribution is 2.24. The molecule has 1 heterocycles. The minimum Gasteiger partial charge on any atom is -0.478 e. The van der Waals surface area contributed by atoms with Gasteiger partial charge in [0.05, 0.1) is 0 Å². The van der Waals surface area contributed by atoms with E-state index in [0.717, 1.165) is 25.9 Å². The maximum absolute atomic E-state index is 11.0. The Kier molecular flexibility index (Phi) is 3.59. The molecule has 17 heavy (non-hydrogen) atoms. The van der Waals surface area contributed by atoms with Crippen LogP contribution in [0, 0.1) is 0 Å². The monoisotopic (exact) mass is 231 g/mol. The first-order valence-corrected chi connectivity index (χ1v) is 5.88. The van der Waals surface area contributed by atoms with Crippen LogP contribution in [0.4, 0.5) is 0 Å². The molecule has 1 aliphatic rings. The van der Waals surface area contributed by atoms with Crippen molar-refractivity contribution < 1.29 is 9.90 Å². The first kappa shape index (κ1) is 11.9. The number of hydrogen-bond donors (Lipinski definition) is 1. The highest BCUT2D eigenvalue weighted by atomic mass is 16.4. The molecule has 0 bridgehead atoms. The van der Waals surface area contributed by atoms with Crippen molar-refractivity contribution in [1.29, 1.82) is 0 Å². The van der Waals surface area contributed by atoms with E-state index in [4.69, 9.17) is 5.11 Å². The molecule has 1 fully saturated rings. The molecule has 2 rings (SSSR count). The first-order chi connectivity index (χ1) is 8.18. The fraction of sp³-hybridized carbons (Fsp3) is 0.357. The minimum absolute atomic E-state index is 0.00675. The molecule has 0 aliphatic carbocycles. The van der Waals surface area contributed by atoms with E-state index in [9.17, 15) is 4.79 Å². The average Bonchev–Trinajstić information content (AvgIpc) is 2.77. The van der Waals surface area contributed by atoms with Gasteiger partial charge in [0.2, 0.25) is 0 Å². The quantitative estimate of drug-likeness (QED) is 0.808. The van der Waals surface area contributed by atoms with E-state index in [-0.39, 0.29) is 6.04 Å². The Morgan fingerprint density at radius 2 is 2.12 bits per heavy atom. The number of likely N-dealkylation sites (tertiary alicyclic amines) is 1. The van der Waals surface area contributed by atoms with Crippen molar-refractivity contribution in [3.63, 3.8) is 0 Å². The normalized spacial score (nSPS) is 20.4. The molecule has 3 heteroatoms. The Morgan fingerprint density at radius 3 is 2.76 bits per heavy atom. The van der Waals surface area contributed by atoms with Gasteiger partial charge in [0, 0.05) is 18.2 Å². The zero-order valence-corrected chi connectivity index (χ0v) is 9.80. The van der Waals surface area contributed by atoms with Crippen molar-refractivity contribution in [2.75, 3.05) is 6.54 Å². The summed E-state index contributed by atoms with van der Waals surface area (Å²) in [6, 6.07) is 10.1. The second-order valence-electron chi connectivity index (χ2n) is 4.44. The predicted octanol–water partition coefficient (Wildman–Crippen LogP) is 2.29. The SMILES string of the molecule is C=C(C(=O)O)C1CCCN1Cc1ccccc1. The molecular formula is C14H17NO2. The third-order valence-electron chi connectivity index (χ3n) is 3.27. The average molecular weight is 231 g/mol. The van der Waals surface area contributed by atoms with Crippen molar-refractivity contribution >= 4 is 5.97 Å². The van der Waals surface area contributed by atoms with Gasteiger partial charge < -0.3 is 5.11 Å². The third kappa shape index (κ3) is 2.74. The lowest BCUT2D eigenvalue weighted by Crippen LogP contribution is -2.32. The van der Waals surface area contributed by atoms with E-state index in [0.29, 0.717) is 5.57 Å². The first-order valence-electron chi connectivity index (χ1n) is 5.88. The molecule has 0 spiro atoms. The Hall–Kier alpha value is -1.61. The highest BCUT2D eigenvalue weighted by Gasteiger charge is 2.29. The lowest BCUT2D eigenvalue weighted by atomic mass is 10.1. The van der Waals surface area contributed by atoms with Crippen LogP contribution in [0.1, 0.15) is 18.4 Å². The van der Waals surface area contributed by atoms with E-state index in [1.165, 1.54) is 5.56 Å². The van der Waals surface area contributed by atoms with Crippen LogP contribution in [0.15, 0.2) is 42.5 Å². The van der Waals surface area contributed by atoms with Gasteiger partial charge in [0.15, 0.2) is 0 Å². The van der Waals surface area contributed by atoms with Gasteiger partial charge in [0.25, 0.3) is 0 Å². The van der Waals surface area contributed by atoms with Crippen LogP contribution >= 0.6 is 0 Å². The molecule has 1 aromatic rings. The molecule has 1 aliphatic heterocycles. The summed E-state index contributed by atoms with van der Waals surface area (Å²) in [6.45, 7) is 5.44. The van der Waals surface area contributed by atoms with Gasteiger partial charge in [-0.15, -0.1) is 0 Å². The van der Waals surface area contributed by atoms with Crippen molar-refractivity contribution in [2.24, 2.45) is 0 Å². The number of nitrogens with zero attached hydrogens (tertiary/aromatic N) is 1. The van der Waals surface area contributed by atoms with Crippen molar-refractivity contribution in [3.05, 3.63) is 48.0 Å². The fourth-order valence-corrected chi connectivity index (χ4v) is 2.37. The lowest BCUT2D eigenvalue weighted by Gasteiger charge is -2.24. The number of carbonyl (C=O) groups is 1. The summed E-state index contributed by atoms with van der Waals surface area (Å²) in [5.41, 5.74) is 1.54. The Morgan fingerprint density at radius 1 is 1.41 bits per heavy atom. The Bertz CT molecular complexity index is 413. The van der Waals surface area contributed by atoms with E-state index in [1.54, 1.807) is 0 Å². The molecule has 1 N–H and O–H groups in total. The molecule has 3 nitrogen and oxygen atoms in total. The van der Waals surface area contributed by atoms with Crippen LogP contribution < -0.4 is 0 Å². The Labute approximate surface area is 101 Å². The van der Waals surface area contributed by atoms with Crippen LogP contribution in [0.5, 0.6) is 0 Å². The van der Waals surface area contributed by atoms with E-state index in [2.05, 4.69) is 23.6 Å². The van der Waals surface area contributed by atoms with Gasteiger partial charge in [-0.2, -0.15) is 0 Å². The van der Waals surface area contributed by atoms with Crippen molar-refractivity contribution in [3.8, 4) is 0 Å². The maximum Gasteiger partial charge on any atom is 0.332 e. The summed E-state index contributed by atoms with van der Waals surface area (Å²) in [6.07, 6.45) is 1.95. The highest BCUT2D eigenvalue weighted by molar-refractivity contribution is 5.87. The number of carboxylic acid groups (broad SMARTS) is 1. The van der Waals surface area contributed by atoms with Crippen LogP contribution in [-0.2, 0) is 11.3 Å². The van der Waals surface area contributed by atoms with Gasteiger partial charge in [-0.25, -0.2) is 4.79 Å². The smallest absolute Gasteiger partial charge is 0.332 e. The third-order valence-corrected chi connectivity index (χ3v) is 3.27. The van der Waals surface area contributed by atoms with E-state index >= 15 is 0 Å². The number of aliphatic carboxylic acids is 1. The van der Waals surface area contributed by atoms with Crippen LogP contribution in [0.3, 0.4) is 0 Å². The second kappa shape index (κ2) is 5.15. The molecule has 0 amide bonds. The summed E-state index contributed by atoms with van der Waals surface area (Å²) in [4.78, 5) is 13.2. The van der Waals surface area contributed by atoms with Crippen LogP contribution in [0.2, 0.25) is 0 Å². The van der Waals surface area contributed by atoms with Gasteiger partial charge in [-0.1, -0.05) is 36.9 Å².